The zero-order valence-corrected chi connectivity index (χ0v) is 19.1. The smallest absolute Gasteiger partial charge is 0.330 e. The summed E-state index contributed by atoms with van der Waals surface area (Å²) in [6.07, 6.45) is 2.55. The Morgan fingerprint density at radius 2 is 1.67 bits per heavy atom. The first-order valence-corrected chi connectivity index (χ1v) is 11.5. The fourth-order valence-corrected chi connectivity index (χ4v) is 4.21. The zero-order valence-electron chi connectivity index (χ0n) is 19.1. The van der Waals surface area contributed by atoms with Crippen LogP contribution in [0.15, 0.2) is 65.6 Å². The molecule has 0 aliphatic carbocycles. The average Bonchev–Trinajstić information content (AvgIpc) is 3.16. The third kappa shape index (κ3) is 6.12. The first-order valence-electron chi connectivity index (χ1n) is 11.5. The Morgan fingerprint density at radius 3 is 2.39 bits per heavy atom. The van der Waals surface area contributed by atoms with Crippen LogP contribution in [-0.4, -0.2) is 64.7 Å². The highest BCUT2D eigenvalue weighted by Gasteiger charge is 2.17. The molecule has 4 rings (SSSR count). The minimum Gasteiger partial charge on any atom is -0.338 e. The van der Waals surface area contributed by atoms with Crippen LogP contribution in [0.2, 0.25) is 0 Å². The maximum atomic E-state index is 12.4. The summed E-state index contributed by atoms with van der Waals surface area (Å²) < 4.78 is 1.55. The number of hydrogen-bond donors (Lipinski definition) is 3. The van der Waals surface area contributed by atoms with Crippen LogP contribution in [0.4, 0.5) is 10.5 Å². The molecule has 0 spiro atoms. The van der Waals surface area contributed by atoms with Crippen molar-refractivity contribution in [3.05, 3.63) is 82.5 Å². The number of aryl methyl sites for hydroxylation is 1. The number of aromatic amines is 1. The van der Waals surface area contributed by atoms with Crippen molar-refractivity contribution in [3.63, 3.8) is 0 Å². The minimum absolute atomic E-state index is 0.231. The largest absolute Gasteiger partial charge is 0.338 e. The van der Waals surface area contributed by atoms with E-state index in [0.29, 0.717) is 17.9 Å². The third-order valence-electron chi connectivity index (χ3n) is 6.00. The number of nitrogens with zero attached hydrogens (tertiary/aromatic N) is 3. The van der Waals surface area contributed by atoms with Gasteiger partial charge in [-0.2, -0.15) is 0 Å². The number of rotatable bonds is 8. The summed E-state index contributed by atoms with van der Waals surface area (Å²) in [6, 6.07) is 17.6. The van der Waals surface area contributed by atoms with Crippen molar-refractivity contribution in [1.82, 2.24) is 24.7 Å². The number of imidazole rings is 1. The minimum atomic E-state index is -0.267. The van der Waals surface area contributed by atoms with Crippen LogP contribution in [0.3, 0.4) is 0 Å². The average molecular weight is 449 g/mol. The third-order valence-corrected chi connectivity index (χ3v) is 6.00. The molecule has 0 saturated carbocycles. The molecule has 2 amide bonds. The van der Waals surface area contributed by atoms with Crippen molar-refractivity contribution < 1.29 is 4.79 Å². The van der Waals surface area contributed by atoms with Crippen molar-refractivity contribution >= 4 is 11.7 Å². The van der Waals surface area contributed by atoms with Gasteiger partial charge in [-0.25, -0.2) is 9.59 Å². The number of amides is 2. The van der Waals surface area contributed by atoms with E-state index in [1.54, 1.807) is 16.8 Å². The van der Waals surface area contributed by atoms with Crippen molar-refractivity contribution in [3.8, 4) is 5.69 Å². The number of urea groups is 1. The van der Waals surface area contributed by atoms with Gasteiger partial charge in [-0.15, -0.1) is 0 Å². The number of carbonyl (C=O) groups is 1. The van der Waals surface area contributed by atoms with E-state index in [2.05, 4.69) is 55.7 Å². The summed E-state index contributed by atoms with van der Waals surface area (Å²) in [5.41, 5.74) is 3.14. The molecule has 1 aliphatic heterocycles. The van der Waals surface area contributed by atoms with Crippen LogP contribution < -0.4 is 16.3 Å². The molecule has 2 aromatic carbocycles. The van der Waals surface area contributed by atoms with Gasteiger partial charge in [-0.3, -0.25) is 9.47 Å². The molecule has 1 saturated heterocycles. The van der Waals surface area contributed by atoms with Gasteiger partial charge in [0.25, 0.3) is 0 Å². The fourth-order valence-electron chi connectivity index (χ4n) is 4.21. The second-order valence-corrected chi connectivity index (χ2v) is 8.43. The normalized spacial score (nSPS) is 14.8. The molecule has 0 bridgehead atoms. The summed E-state index contributed by atoms with van der Waals surface area (Å²) >= 11 is 0. The highest BCUT2D eigenvalue weighted by atomic mass is 16.2. The van der Waals surface area contributed by atoms with Crippen LogP contribution in [0.25, 0.3) is 5.69 Å². The van der Waals surface area contributed by atoms with Gasteiger partial charge in [0.05, 0.1) is 11.4 Å². The Morgan fingerprint density at radius 1 is 0.970 bits per heavy atom. The molecule has 1 aromatic heterocycles. The van der Waals surface area contributed by atoms with E-state index in [4.69, 9.17) is 0 Å². The standard InChI is InChI=1S/C25H32N6O2/c1-20-18-27-25(33)31(20)23-11-6-5-10-22(23)28-24(32)26-12-7-13-29-14-16-30(17-15-29)19-21-8-3-2-4-9-21/h2-6,8-11,18H,7,12-17,19H2,1H3,(H,27,33)(H2,26,28,32). The lowest BCUT2D eigenvalue weighted by molar-refractivity contribution is 0.126. The number of nitrogens with one attached hydrogen (secondary N) is 3. The Hall–Kier alpha value is -3.36. The number of hydrogen-bond acceptors (Lipinski definition) is 4. The number of para-hydroxylation sites is 2. The number of carbonyl (C=O) groups excluding carboxylic acids is 1. The number of H-pyrrole nitrogens is 1. The molecular formula is C25H32N6O2. The predicted octanol–water partition coefficient (Wildman–Crippen LogP) is 2.80. The monoisotopic (exact) mass is 448 g/mol. The molecule has 0 radical (unpaired) electrons. The summed E-state index contributed by atoms with van der Waals surface area (Å²) in [7, 11) is 0. The Kier molecular flexibility index (Phi) is 7.59. The van der Waals surface area contributed by atoms with E-state index in [-0.39, 0.29) is 11.7 Å². The SMILES string of the molecule is Cc1c[nH]c(=O)n1-c1ccccc1NC(=O)NCCCN1CCN(Cc2ccccc2)CC1. The van der Waals surface area contributed by atoms with Gasteiger partial charge in [0, 0.05) is 51.2 Å². The number of anilines is 1. The lowest BCUT2D eigenvalue weighted by Crippen LogP contribution is -2.46. The fraction of sp³-hybridized carbons (Fsp3) is 0.360. The topological polar surface area (TPSA) is 85.4 Å². The van der Waals surface area contributed by atoms with E-state index in [1.165, 1.54) is 5.56 Å². The summed E-state index contributed by atoms with van der Waals surface area (Å²) in [5.74, 6) is 0. The first-order chi connectivity index (χ1) is 16.1. The molecule has 3 aromatic rings. The second kappa shape index (κ2) is 11.0. The van der Waals surface area contributed by atoms with Crippen molar-refractivity contribution in [2.75, 3.05) is 44.6 Å². The lowest BCUT2D eigenvalue weighted by Gasteiger charge is -2.34. The highest BCUT2D eigenvalue weighted by molar-refractivity contribution is 5.91. The molecule has 3 N–H and O–H groups in total. The lowest BCUT2D eigenvalue weighted by atomic mass is 10.2. The molecule has 1 fully saturated rings. The number of aromatic nitrogens is 2. The molecule has 174 valence electrons. The van der Waals surface area contributed by atoms with Gasteiger partial charge in [0.15, 0.2) is 0 Å². The predicted molar refractivity (Wildman–Crippen MR) is 131 cm³/mol. The van der Waals surface area contributed by atoms with Gasteiger partial charge >= 0.3 is 11.7 Å². The van der Waals surface area contributed by atoms with Crippen molar-refractivity contribution in [2.45, 2.75) is 19.9 Å². The van der Waals surface area contributed by atoms with Crippen LogP contribution in [-0.2, 0) is 6.54 Å². The molecule has 8 heteroatoms. The molecule has 33 heavy (non-hydrogen) atoms. The van der Waals surface area contributed by atoms with Gasteiger partial charge in [0.1, 0.15) is 0 Å². The van der Waals surface area contributed by atoms with Crippen LogP contribution in [0.1, 0.15) is 17.7 Å². The summed E-state index contributed by atoms with van der Waals surface area (Å²) in [6.45, 7) is 8.65. The van der Waals surface area contributed by atoms with E-state index in [1.807, 2.05) is 25.1 Å². The van der Waals surface area contributed by atoms with Crippen LogP contribution in [0, 0.1) is 6.92 Å². The summed E-state index contributed by atoms with van der Waals surface area (Å²) in [5, 5.41) is 5.81. The second-order valence-electron chi connectivity index (χ2n) is 8.43. The van der Waals surface area contributed by atoms with E-state index < -0.39 is 0 Å². The maximum Gasteiger partial charge on any atom is 0.330 e. The molecule has 0 atom stereocenters. The molecular weight excluding hydrogens is 416 g/mol. The van der Waals surface area contributed by atoms with Crippen LogP contribution >= 0.6 is 0 Å². The van der Waals surface area contributed by atoms with Gasteiger partial charge in [0.2, 0.25) is 0 Å². The highest BCUT2D eigenvalue weighted by Crippen LogP contribution is 2.19. The molecule has 8 nitrogen and oxygen atoms in total. The van der Waals surface area contributed by atoms with E-state index in [9.17, 15) is 9.59 Å². The Balaban J connectivity index is 1.18. The molecule has 1 aliphatic rings. The quantitative estimate of drug-likeness (QED) is 0.463. The molecule has 0 unspecified atom stereocenters. The van der Waals surface area contributed by atoms with Crippen molar-refractivity contribution in [2.24, 2.45) is 0 Å². The van der Waals surface area contributed by atoms with Gasteiger partial charge < -0.3 is 20.5 Å². The molecule has 2 heterocycles. The maximum absolute atomic E-state index is 12.4. The van der Waals surface area contributed by atoms with Crippen LogP contribution in [0.5, 0.6) is 0 Å². The zero-order chi connectivity index (χ0) is 23.0. The van der Waals surface area contributed by atoms with E-state index in [0.717, 1.165) is 51.4 Å². The summed E-state index contributed by atoms with van der Waals surface area (Å²) in [4.78, 5) is 32.2. The van der Waals surface area contributed by atoms with Gasteiger partial charge in [-0.05, 0) is 37.6 Å². The Labute approximate surface area is 194 Å². The van der Waals surface area contributed by atoms with E-state index >= 15 is 0 Å². The first kappa shape index (κ1) is 22.8. The number of piperazine rings is 1. The van der Waals surface area contributed by atoms with Crippen molar-refractivity contribution in [1.29, 1.82) is 0 Å². The van der Waals surface area contributed by atoms with Gasteiger partial charge in [-0.1, -0.05) is 42.5 Å². The Bertz CT molecular complexity index is 1100. The number of benzene rings is 2.